The number of hydrogen-bond acceptors (Lipinski definition) is 5. The van der Waals surface area contributed by atoms with Gasteiger partial charge in [0.15, 0.2) is 0 Å². The van der Waals surface area contributed by atoms with Gasteiger partial charge >= 0.3 is 0 Å². The van der Waals surface area contributed by atoms with Gasteiger partial charge in [-0.15, -0.1) is 0 Å². The van der Waals surface area contributed by atoms with Crippen molar-refractivity contribution in [2.45, 2.75) is 0 Å². The summed E-state index contributed by atoms with van der Waals surface area (Å²) in [6, 6.07) is 0. The summed E-state index contributed by atoms with van der Waals surface area (Å²) in [5.74, 6) is 0. The Balaban J connectivity index is -0.000000196. The number of likely N-dealkylation sites (N-methyl/N-ethyl adjacent to an activating group) is 2. The van der Waals surface area contributed by atoms with Gasteiger partial charge in [-0.1, -0.05) is 0 Å². The molecule has 0 fully saturated rings. The van der Waals surface area contributed by atoms with Crippen molar-refractivity contribution in [1.29, 1.82) is 0 Å². The van der Waals surface area contributed by atoms with Crippen LogP contribution in [0.25, 0.3) is 0 Å². The largest absolute Gasteiger partial charge is 0.820 e. The van der Waals surface area contributed by atoms with Crippen LogP contribution < -0.4 is 9.79 Å². The van der Waals surface area contributed by atoms with Gasteiger partial charge < -0.3 is 33.9 Å². The van der Waals surface area contributed by atoms with E-state index in [9.17, 15) is 0 Å². The minimum Gasteiger partial charge on any atom is -0.820 e. The van der Waals surface area contributed by atoms with Crippen molar-refractivity contribution < 1.29 is 33.9 Å². The van der Waals surface area contributed by atoms with Gasteiger partial charge in [0.1, 0.15) is 13.1 Å². The second kappa shape index (κ2) is 12.2. The van der Waals surface area contributed by atoms with Crippen LogP contribution in [0.15, 0.2) is 0 Å². The Hall–Kier alpha value is 0.150. The van der Waals surface area contributed by atoms with E-state index >= 15 is 0 Å². The minimum absolute atomic E-state index is 0.281. The van der Waals surface area contributed by atoms with Gasteiger partial charge in [-0.25, -0.2) is 0 Å². The maximum Gasteiger partial charge on any atom is 0.101 e. The third kappa shape index (κ3) is 55.8. The van der Waals surface area contributed by atoms with Crippen LogP contribution in [0.2, 0.25) is 0 Å². The molecule has 0 bridgehead atoms. The zero-order valence-electron chi connectivity index (χ0n) is 12.3. The average molecular weight is 288 g/mol. The van der Waals surface area contributed by atoms with E-state index in [1.165, 1.54) is 0 Å². The topological polar surface area (TPSA) is 107 Å². The molecular formula is C10H29N2O5P. The summed E-state index contributed by atoms with van der Waals surface area (Å²) >= 11 is 0. The third-order valence-corrected chi connectivity index (χ3v) is 1.54. The maximum atomic E-state index is 8.59. The van der Waals surface area contributed by atoms with Crippen LogP contribution in [0.4, 0.5) is 0 Å². The number of aliphatic hydroxyl groups excluding tert-OH is 2. The Kier molecular flexibility index (Phi) is 15.8. The van der Waals surface area contributed by atoms with Crippen LogP contribution in [0.5, 0.6) is 0 Å². The number of quaternary nitrogens is 2. The van der Waals surface area contributed by atoms with E-state index < -0.39 is 8.60 Å². The van der Waals surface area contributed by atoms with E-state index in [1.54, 1.807) is 0 Å². The number of hydrogen-bond donors (Lipinski definition) is 3. The lowest BCUT2D eigenvalue weighted by molar-refractivity contribution is -0.870. The molecule has 0 unspecified atom stereocenters. The molecule has 114 valence electrons. The summed E-state index contributed by atoms with van der Waals surface area (Å²) in [6.07, 6.45) is 0. The minimum atomic E-state index is -3.12. The van der Waals surface area contributed by atoms with Crippen molar-refractivity contribution in [3.63, 3.8) is 0 Å². The van der Waals surface area contributed by atoms with Gasteiger partial charge in [-0.3, -0.25) is 0 Å². The number of aliphatic hydroxyl groups is 2. The van der Waals surface area contributed by atoms with Crippen molar-refractivity contribution in [3.05, 3.63) is 0 Å². The van der Waals surface area contributed by atoms with Crippen molar-refractivity contribution in [2.24, 2.45) is 0 Å². The fourth-order valence-corrected chi connectivity index (χ4v) is 0.600. The quantitative estimate of drug-likeness (QED) is 0.385. The molecule has 0 saturated heterocycles. The highest BCUT2D eigenvalue weighted by atomic mass is 31.2. The smallest absolute Gasteiger partial charge is 0.101 e. The molecule has 0 atom stereocenters. The Bertz CT molecular complexity index is 150. The molecule has 0 spiro atoms. The molecule has 3 N–H and O–H groups in total. The summed E-state index contributed by atoms with van der Waals surface area (Å²) in [5, 5.41) is 16.8. The summed E-state index contributed by atoms with van der Waals surface area (Å²) < 4.78 is 1.69. The van der Waals surface area contributed by atoms with E-state index in [2.05, 4.69) is 42.3 Å². The first kappa shape index (κ1) is 23.3. The fraction of sp³-hybridized carbons (Fsp3) is 1.00. The lowest BCUT2D eigenvalue weighted by atomic mass is 10.5. The Morgan fingerprint density at radius 3 is 0.944 bits per heavy atom. The molecule has 7 nitrogen and oxygen atoms in total. The summed E-state index contributed by atoms with van der Waals surface area (Å²) in [6.45, 7) is 2.23. The Labute approximate surface area is 112 Å². The first-order chi connectivity index (χ1) is 7.85. The molecule has 0 aromatic rings. The highest BCUT2D eigenvalue weighted by molar-refractivity contribution is 7.35. The van der Waals surface area contributed by atoms with Gasteiger partial charge in [-0.05, 0) is 0 Å². The normalized spacial score (nSPS) is 11.3. The molecule has 0 aliphatic carbocycles. The predicted molar refractivity (Wildman–Crippen MR) is 69.1 cm³/mol. The highest BCUT2D eigenvalue weighted by Gasteiger charge is 2.02. The van der Waals surface area contributed by atoms with Gasteiger partial charge in [0.25, 0.3) is 0 Å². The second-order valence-corrected chi connectivity index (χ2v) is 6.19. The molecule has 0 aliphatic heterocycles. The molecule has 0 amide bonds. The number of nitrogens with zero attached hydrogens (tertiary/aromatic N) is 2. The molecule has 0 radical (unpaired) electrons. The van der Waals surface area contributed by atoms with E-state index in [0.717, 1.165) is 22.1 Å². The third-order valence-electron chi connectivity index (χ3n) is 1.54. The molecule has 0 rings (SSSR count). The monoisotopic (exact) mass is 288 g/mol. The van der Waals surface area contributed by atoms with Crippen LogP contribution >= 0.6 is 8.60 Å². The highest BCUT2D eigenvalue weighted by Crippen LogP contribution is 1.95. The van der Waals surface area contributed by atoms with Crippen LogP contribution in [-0.4, -0.2) is 92.7 Å². The SMILES string of the molecule is C[N+](C)(C)CCO.C[N+](C)(C)CCO.[O-]P([O-])O. The van der Waals surface area contributed by atoms with Crippen LogP contribution in [0.3, 0.4) is 0 Å². The lowest BCUT2D eigenvalue weighted by Crippen LogP contribution is -2.36. The fourth-order valence-electron chi connectivity index (χ4n) is 0.600. The molecule has 0 aliphatic rings. The molecular weight excluding hydrogens is 259 g/mol. The van der Waals surface area contributed by atoms with E-state index in [-0.39, 0.29) is 13.2 Å². The predicted octanol–water partition coefficient (Wildman–Crippen LogP) is -2.70. The van der Waals surface area contributed by atoms with Crippen LogP contribution in [0, 0.1) is 0 Å². The molecule has 0 saturated carbocycles. The Morgan fingerprint density at radius 2 is 0.944 bits per heavy atom. The first-order valence-corrected chi connectivity index (χ1v) is 6.64. The maximum absolute atomic E-state index is 8.59. The van der Waals surface area contributed by atoms with Crippen molar-refractivity contribution in [1.82, 2.24) is 0 Å². The van der Waals surface area contributed by atoms with Gasteiger partial charge in [0, 0.05) is 0 Å². The van der Waals surface area contributed by atoms with Crippen molar-refractivity contribution in [3.8, 4) is 0 Å². The second-order valence-electron chi connectivity index (χ2n) is 5.71. The lowest BCUT2D eigenvalue weighted by Gasteiger charge is -2.21. The molecule has 8 heteroatoms. The molecule has 18 heavy (non-hydrogen) atoms. The number of rotatable bonds is 4. The molecule has 0 heterocycles. The Morgan fingerprint density at radius 1 is 0.778 bits per heavy atom. The molecule has 0 aromatic carbocycles. The van der Waals surface area contributed by atoms with Crippen LogP contribution in [-0.2, 0) is 0 Å². The van der Waals surface area contributed by atoms with E-state index in [0.29, 0.717) is 0 Å². The van der Waals surface area contributed by atoms with Crippen molar-refractivity contribution in [2.75, 3.05) is 68.6 Å². The zero-order valence-corrected chi connectivity index (χ0v) is 13.2. The summed E-state index contributed by atoms with van der Waals surface area (Å²) in [7, 11) is 9.19. The van der Waals surface area contributed by atoms with E-state index in [4.69, 9.17) is 24.9 Å². The van der Waals surface area contributed by atoms with Gasteiger partial charge in [-0.2, -0.15) is 8.60 Å². The van der Waals surface area contributed by atoms with Crippen molar-refractivity contribution >= 4 is 8.60 Å². The summed E-state index contributed by atoms with van der Waals surface area (Å²) in [5.41, 5.74) is 0. The molecule has 0 aromatic heterocycles. The first-order valence-electron chi connectivity index (χ1n) is 5.51. The van der Waals surface area contributed by atoms with E-state index in [1.807, 2.05) is 0 Å². The van der Waals surface area contributed by atoms with Gasteiger partial charge in [0.05, 0.1) is 55.5 Å². The standard InChI is InChI=1S/2C5H14NO.HO3P/c2*1-6(2,3)4-5-7;1-4(2)3/h2*7H,4-5H2,1-3H3;1H/q2*+1;-2. The zero-order chi connectivity index (χ0) is 15.4. The average Bonchev–Trinajstić information content (AvgIpc) is 1.97. The van der Waals surface area contributed by atoms with Crippen LogP contribution in [0.1, 0.15) is 0 Å². The van der Waals surface area contributed by atoms with Gasteiger partial charge in [0.2, 0.25) is 0 Å². The summed E-state index contributed by atoms with van der Waals surface area (Å²) in [4.78, 5) is 24.2.